The maximum Gasteiger partial charge on any atom is 0.311 e. The molecule has 0 spiro atoms. The van der Waals surface area contributed by atoms with Crippen molar-refractivity contribution in [1.29, 1.82) is 0 Å². The van der Waals surface area contributed by atoms with Crippen molar-refractivity contribution in [3.8, 4) is 0 Å². The minimum atomic E-state index is -0.286. The normalized spacial score (nSPS) is 16.3. The highest BCUT2D eigenvalue weighted by Gasteiger charge is 2.34. The van der Waals surface area contributed by atoms with Gasteiger partial charge in [0.25, 0.3) is 0 Å². The van der Waals surface area contributed by atoms with Crippen molar-refractivity contribution in [3.63, 3.8) is 0 Å². The predicted octanol–water partition coefficient (Wildman–Crippen LogP) is 5.99. The lowest BCUT2D eigenvalue weighted by Crippen LogP contribution is -2.28. The molecule has 0 aromatic rings. The molecular formula is C26H50N2O3. The highest BCUT2D eigenvalue weighted by atomic mass is 16.5. The highest BCUT2D eigenvalue weighted by Crippen LogP contribution is 2.20. The second-order valence-electron chi connectivity index (χ2n) is 9.35. The average Bonchev–Trinajstić information content (AvgIpc) is 3.14. The van der Waals surface area contributed by atoms with Crippen LogP contribution in [0.3, 0.4) is 0 Å². The Bertz CT molecular complexity index is 456. The van der Waals surface area contributed by atoms with Gasteiger partial charge in [-0.15, -0.1) is 0 Å². The lowest BCUT2D eigenvalue weighted by molar-refractivity contribution is -0.148. The number of rotatable bonds is 21. The molecule has 0 aliphatic carbocycles. The molecule has 1 unspecified atom stereocenters. The van der Waals surface area contributed by atoms with Gasteiger partial charge in [0, 0.05) is 19.5 Å². The zero-order valence-corrected chi connectivity index (χ0v) is 20.4. The van der Waals surface area contributed by atoms with E-state index in [-0.39, 0.29) is 17.8 Å². The molecule has 1 atom stereocenters. The van der Waals surface area contributed by atoms with Gasteiger partial charge in [-0.3, -0.25) is 9.59 Å². The molecule has 0 bridgehead atoms. The Labute approximate surface area is 191 Å². The van der Waals surface area contributed by atoms with E-state index < -0.39 is 0 Å². The molecule has 2 N–H and O–H groups in total. The zero-order chi connectivity index (χ0) is 22.6. The molecule has 1 aliphatic heterocycles. The smallest absolute Gasteiger partial charge is 0.311 e. The van der Waals surface area contributed by atoms with Gasteiger partial charge in [-0.2, -0.15) is 0 Å². The van der Waals surface area contributed by atoms with Gasteiger partial charge in [-0.25, -0.2) is 0 Å². The summed E-state index contributed by atoms with van der Waals surface area (Å²) >= 11 is 0. The van der Waals surface area contributed by atoms with E-state index in [1.165, 1.54) is 96.3 Å². The molecule has 31 heavy (non-hydrogen) atoms. The van der Waals surface area contributed by atoms with Gasteiger partial charge >= 0.3 is 5.97 Å². The van der Waals surface area contributed by atoms with Gasteiger partial charge in [0.15, 0.2) is 0 Å². The van der Waals surface area contributed by atoms with Crippen molar-refractivity contribution < 1.29 is 14.3 Å². The van der Waals surface area contributed by atoms with Crippen LogP contribution in [0.5, 0.6) is 0 Å². The molecule has 0 radical (unpaired) electrons. The summed E-state index contributed by atoms with van der Waals surface area (Å²) in [4.78, 5) is 25.9. The van der Waals surface area contributed by atoms with E-state index >= 15 is 0 Å². The fourth-order valence-electron chi connectivity index (χ4n) is 4.37. The Hall–Kier alpha value is -1.10. The standard InChI is InChI=1S/C26H50N2O3/c1-2-3-4-5-6-7-8-9-10-11-12-13-14-15-16-17-20-28-23-24(22-25(28)29)26(30)31-21-18-19-27/h24H,2-23,27H2,1H3. The molecule has 1 rings (SSSR count). The first kappa shape index (κ1) is 27.9. The largest absolute Gasteiger partial charge is 0.465 e. The van der Waals surface area contributed by atoms with Crippen molar-refractivity contribution in [3.05, 3.63) is 0 Å². The Kier molecular flexibility index (Phi) is 17.6. The first-order valence-corrected chi connectivity index (χ1v) is 13.3. The summed E-state index contributed by atoms with van der Waals surface area (Å²) in [5.74, 6) is -0.427. The molecule has 5 heteroatoms. The van der Waals surface area contributed by atoms with E-state index in [1.54, 1.807) is 0 Å². The topological polar surface area (TPSA) is 72.6 Å². The molecule has 0 aromatic carbocycles. The molecule has 182 valence electrons. The van der Waals surface area contributed by atoms with Gasteiger partial charge in [-0.1, -0.05) is 103 Å². The number of carbonyl (C=O) groups excluding carboxylic acids is 2. The molecule has 0 saturated carbocycles. The third kappa shape index (κ3) is 14.6. The summed E-state index contributed by atoms with van der Waals surface area (Å²) in [5.41, 5.74) is 5.41. The molecule has 1 aliphatic rings. The quantitative estimate of drug-likeness (QED) is 0.176. The zero-order valence-electron chi connectivity index (χ0n) is 20.4. The summed E-state index contributed by atoms with van der Waals surface area (Å²) < 4.78 is 5.20. The third-order valence-corrected chi connectivity index (χ3v) is 6.42. The van der Waals surface area contributed by atoms with E-state index in [0.29, 0.717) is 32.5 Å². The molecule has 1 heterocycles. The first-order valence-electron chi connectivity index (χ1n) is 13.3. The van der Waals surface area contributed by atoms with E-state index in [1.807, 2.05) is 4.90 Å². The van der Waals surface area contributed by atoms with Gasteiger partial charge < -0.3 is 15.4 Å². The second-order valence-corrected chi connectivity index (χ2v) is 9.35. The number of nitrogens with zero attached hydrogens (tertiary/aromatic N) is 1. The number of likely N-dealkylation sites (tertiary alicyclic amines) is 1. The number of ether oxygens (including phenoxy) is 1. The third-order valence-electron chi connectivity index (χ3n) is 6.42. The van der Waals surface area contributed by atoms with E-state index in [0.717, 1.165) is 13.0 Å². The summed E-state index contributed by atoms with van der Waals surface area (Å²) in [7, 11) is 0. The molecular weight excluding hydrogens is 388 g/mol. The van der Waals surface area contributed by atoms with Crippen LogP contribution in [0.1, 0.15) is 122 Å². The molecule has 1 fully saturated rings. The number of hydrogen-bond acceptors (Lipinski definition) is 4. The Balaban J connectivity index is 1.87. The summed E-state index contributed by atoms with van der Waals surface area (Å²) in [6.07, 6.45) is 22.6. The second kappa shape index (κ2) is 19.6. The predicted molar refractivity (Wildman–Crippen MR) is 129 cm³/mol. The highest BCUT2D eigenvalue weighted by molar-refractivity contribution is 5.86. The minimum absolute atomic E-state index is 0.0988. The molecule has 0 aromatic heterocycles. The van der Waals surface area contributed by atoms with E-state index in [4.69, 9.17) is 10.5 Å². The van der Waals surface area contributed by atoms with Crippen LogP contribution in [0.2, 0.25) is 0 Å². The van der Waals surface area contributed by atoms with Crippen molar-refractivity contribution in [2.75, 3.05) is 26.2 Å². The van der Waals surface area contributed by atoms with Crippen LogP contribution in [0.15, 0.2) is 0 Å². The van der Waals surface area contributed by atoms with Gasteiger partial charge in [0.2, 0.25) is 5.91 Å². The van der Waals surface area contributed by atoms with Crippen molar-refractivity contribution >= 4 is 11.9 Å². The van der Waals surface area contributed by atoms with Crippen molar-refractivity contribution in [2.45, 2.75) is 122 Å². The van der Waals surface area contributed by atoms with Crippen LogP contribution in [0.25, 0.3) is 0 Å². The van der Waals surface area contributed by atoms with E-state index in [2.05, 4.69) is 6.92 Å². The number of unbranched alkanes of at least 4 members (excludes halogenated alkanes) is 15. The lowest BCUT2D eigenvalue weighted by Gasteiger charge is -2.16. The van der Waals surface area contributed by atoms with Crippen LogP contribution >= 0.6 is 0 Å². The maximum absolute atomic E-state index is 12.1. The van der Waals surface area contributed by atoms with Gasteiger partial charge in [0.1, 0.15) is 0 Å². The van der Waals surface area contributed by atoms with Crippen LogP contribution in [-0.4, -0.2) is 43.0 Å². The van der Waals surface area contributed by atoms with Crippen LogP contribution in [0.4, 0.5) is 0 Å². The molecule has 1 amide bonds. The number of carbonyl (C=O) groups is 2. The van der Waals surface area contributed by atoms with Crippen molar-refractivity contribution in [1.82, 2.24) is 4.90 Å². The maximum atomic E-state index is 12.1. The summed E-state index contributed by atoms with van der Waals surface area (Å²) in [6, 6.07) is 0. The lowest BCUT2D eigenvalue weighted by atomic mass is 10.0. The van der Waals surface area contributed by atoms with Crippen LogP contribution in [-0.2, 0) is 14.3 Å². The fourth-order valence-corrected chi connectivity index (χ4v) is 4.37. The number of nitrogens with two attached hydrogens (primary N) is 1. The number of hydrogen-bond donors (Lipinski definition) is 1. The van der Waals surface area contributed by atoms with Crippen LogP contribution < -0.4 is 5.73 Å². The SMILES string of the molecule is CCCCCCCCCCCCCCCCCCN1CC(C(=O)OCCCN)CC1=O. The summed E-state index contributed by atoms with van der Waals surface area (Å²) in [6.45, 7) is 4.46. The van der Waals surface area contributed by atoms with Crippen LogP contribution in [0, 0.1) is 5.92 Å². The Morgan fingerprint density at radius 2 is 1.32 bits per heavy atom. The molecule has 1 saturated heterocycles. The number of amides is 1. The van der Waals surface area contributed by atoms with E-state index in [9.17, 15) is 9.59 Å². The Morgan fingerprint density at radius 3 is 1.81 bits per heavy atom. The fraction of sp³-hybridized carbons (Fsp3) is 0.923. The van der Waals surface area contributed by atoms with Crippen molar-refractivity contribution in [2.24, 2.45) is 11.7 Å². The molecule has 5 nitrogen and oxygen atoms in total. The number of esters is 1. The average molecular weight is 439 g/mol. The summed E-state index contributed by atoms with van der Waals surface area (Å²) in [5, 5.41) is 0. The minimum Gasteiger partial charge on any atom is -0.465 e. The Morgan fingerprint density at radius 1 is 0.839 bits per heavy atom. The van der Waals surface area contributed by atoms with Gasteiger partial charge in [-0.05, 0) is 19.4 Å². The monoisotopic (exact) mass is 438 g/mol. The van der Waals surface area contributed by atoms with Gasteiger partial charge in [0.05, 0.1) is 12.5 Å². The first-order chi connectivity index (χ1) is 15.2.